The molecule has 1 unspecified atom stereocenters. The predicted octanol–water partition coefficient (Wildman–Crippen LogP) is 2.23. The average molecular weight is 319 g/mol. The highest BCUT2D eigenvalue weighted by Crippen LogP contribution is 2.29. The summed E-state index contributed by atoms with van der Waals surface area (Å²) in [6.45, 7) is 0.289. The Morgan fingerprint density at radius 2 is 2.00 bits per heavy atom. The van der Waals surface area contributed by atoms with Gasteiger partial charge < -0.3 is 10.4 Å². The van der Waals surface area contributed by atoms with Crippen LogP contribution < -0.4 is 5.32 Å². The number of aliphatic hydroxyl groups is 1. The Balaban J connectivity index is 1.82. The van der Waals surface area contributed by atoms with Crippen molar-refractivity contribution in [1.29, 1.82) is 0 Å². The lowest BCUT2D eigenvalue weighted by molar-refractivity contribution is -0.138. The van der Waals surface area contributed by atoms with Crippen LogP contribution in [0, 0.1) is 0 Å². The van der Waals surface area contributed by atoms with Crippen LogP contribution in [0.4, 0.5) is 13.2 Å². The summed E-state index contributed by atoms with van der Waals surface area (Å²) in [5, 5.41) is 12.7. The fourth-order valence-electron chi connectivity index (χ4n) is 2.08. The monoisotopic (exact) mass is 319 g/mol. The van der Waals surface area contributed by atoms with Crippen molar-refractivity contribution in [3.05, 3.63) is 35.4 Å². The maximum Gasteiger partial charge on any atom is 0.416 e. The lowest BCUT2D eigenvalue weighted by Gasteiger charge is -2.20. The first-order chi connectivity index (χ1) is 9.81. The summed E-state index contributed by atoms with van der Waals surface area (Å²) in [5.74, 6) is 0.737. The van der Waals surface area contributed by atoms with Crippen molar-refractivity contribution in [2.24, 2.45) is 0 Å². The van der Waals surface area contributed by atoms with Crippen LogP contribution in [0.25, 0.3) is 0 Å². The quantitative estimate of drug-likeness (QED) is 0.895. The van der Waals surface area contributed by atoms with Crippen LogP contribution in [0.5, 0.6) is 0 Å². The van der Waals surface area contributed by atoms with Gasteiger partial charge in [-0.2, -0.15) is 24.9 Å². The summed E-state index contributed by atoms with van der Waals surface area (Å²) in [4.78, 5) is 11.8. The third-order valence-corrected chi connectivity index (χ3v) is 4.58. The Morgan fingerprint density at radius 3 is 2.52 bits per heavy atom. The number of hydrogen-bond acceptors (Lipinski definition) is 3. The van der Waals surface area contributed by atoms with Crippen LogP contribution in [-0.2, 0) is 17.4 Å². The van der Waals surface area contributed by atoms with Crippen molar-refractivity contribution in [3.63, 3.8) is 0 Å². The van der Waals surface area contributed by atoms with Crippen LogP contribution >= 0.6 is 11.8 Å². The third-order valence-electron chi connectivity index (χ3n) is 3.40. The fraction of sp³-hybridized carbons (Fsp3) is 0.500. The van der Waals surface area contributed by atoms with Crippen molar-refractivity contribution < 1.29 is 23.1 Å². The number of thioether (sulfide) groups is 1. The number of carbonyl (C=O) groups excluding carboxylic acids is 1. The summed E-state index contributed by atoms with van der Waals surface area (Å²) >= 11 is 1.53. The Morgan fingerprint density at radius 1 is 1.33 bits per heavy atom. The first kappa shape index (κ1) is 16.2. The van der Waals surface area contributed by atoms with E-state index in [2.05, 4.69) is 5.32 Å². The highest BCUT2D eigenvalue weighted by atomic mass is 32.2. The van der Waals surface area contributed by atoms with E-state index in [1.165, 1.54) is 23.9 Å². The van der Waals surface area contributed by atoms with Gasteiger partial charge in [-0.05, 0) is 36.3 Å². The maximum atomic E-state index is 12.4. The predicted molar refractivity (Wildman–Crippen MR) is 75.0 cm³/mol. The molecule has 2 rings (SSSR count). The number of halogens is 3. The second-order valence-corrected chi connectivity index (χ2v) is 6.14. The van der Waals surface area contributed by atoms with Crippen LogP contribution in [0.15, 0.2) is 24.3 Å². The molecule has 1 aromatic rings. The van der Waals surface area contributed by atoms with E-state index < -0.39 is 23.2 Å². The number of benzene rings is 1. The molecule has 0 aromatic heterocycles. The molecule has 1 aliphatic heterocycles. The van der Waals surface area contributed by atoms with Crippen LogP contribution in [-0.4, -0.2) is 34.7 Å². The SMILES string of the molecule is O=C(NCCc1ccc(C(F)(F)F)cc1)C1(O)CCSC1. The minimum atomic E-state index is -4.34. The summed E-state index contributed by atoms with van der Waals surface area (Å²) in [5.41, 5.74) is -1.28. The summed E-state index contributed by atoms with van der Waals surface area (Å²) < 4.78 is 37.2. The first-order valence-corrected chi connectivity index (χ1v) is 7.71. The largest absolute Gasteiger partial charge is 0.416 e. The van der Waals surface area contributed by atoms with E-state index in [1.807, 2.05) is 0 Å². The van der Waals surface area contributed by atoms with E-state index in [0.717, 1.165) is 17.9 Å². The highest BCUT2D eigenvalue weighted by Gasteiger charge is 2.39. The molecule has 1 amide bonds. The van der Waals surface area contributed by atoms with E-state index in [-0.39, 0.29) is 6.54 Å². The van der Waals surface area contributed by atoms with Gasteiger partial charge in [0.15, 0.2) is 5.60 Å². The zero-order valence-electron chi connectivity index (χ0n) is 11.2. The number of rotatable bonds is 4. The molecule has 3 nitrogen and oxygen atoms in total. The molecule has 1 aromatic carbocycles. The number of hydrogen-bond donors (Lipinski definition) is 2. The number of amides is 1. The Hall–Kier alpha value is -1.21. The van der Waals surface area contributed by atoms with Gasteiger partial charge in [0, 0.05) is 12.3 Å². The Kier molecular flexibility index (Phi) is 4.83. The standard InChI is InChI=1S/C14H16F3NO2S/c15-14(16,17)11-3-1-10(2-4-11)5-7-18-12(19)13(20)6-8-21-9-13/h1-4,20H,5-9H2,(H,18,19). The molecule has 1 fully saturated rings. The topological polar surface area (TPSA) is 49.3 Å². The van der Waals surface area contributed by atoms with Crippen LogP contribution in [0.3, 0.4) is 0 Å². The van der Waals surface area contributed by atoms with Crippen LogP contribution in [0.1, 0.15) is 17.5 Å². The van der Waals surface area contributed by atoms with Gasteiger partial charge in [0.1, 0.15) is 0 Å². The molecule has 7 heteroatoms. The third kappa shape index (κ3) is 4.14. The fourth-order valence-corrected chi connectivity index (χ4v) is 3.32. The lowest BCUT2D eigenvalue weighted by Crippen LogP contribution is -2.47. The normalized spacial score (nSPS) is 22.3. The van der Waals surface area contributed by atoms with Crippen molar-refractivity contribution in [2.45, 2.75) is 24.6 Å². The molecular formula is C14H16F3NO2S. The van der Waals surface area contributed by atoms with E-state index in [1.54, 1.807) is 0 Å². The molecule has 0 radical (unpaired) electrons. The van der Waals surface area contributed by atoms with E-state index >= 15 is 0 Å². The maximum absolute atomic E-state index is 12.4. The molecule has 1 aliphatic rings. The number of nitrogens with one attached hydrogen (secondary N) is 1. The zero-order chi connectivity index (χ0) is 15.5. The van der Waals surface area contributed by atoms with Gasteiger partial charge >= 0.3 is 6.18 Å². The molecule has 1 heterocycles. The zero-order valence-corrected chi connectivity index (χ0v) is 12.1. The molecular weight excluding hydrogens is 303 g/mol. The average Bonchev–Trinajstić information content (AvgIpc) is 2.86. The smallest absolute Gasteiger partial charge is 0.379 e. The molecule has 0 saturated carbocycles. The van der Waals surface area contributed by atoms with Gasteiger partial charge in [0.2, 0.25) is 0 Å². The van der Waals surface area contributed by atoms with Gasteiger partial charge in [-0.1, -0.05) is 12.1 Å². The molecule has 116 valence electrons. The van der Waals surface area contributed by atoms with Gasteiger partial charge in [-0.3, -0.25) is 4.79 Å². The number of alkyl halides is 3. The second kappa shape index (κ2) is 6.27. The Bertz CT molecular complexity index is 496. The van der Waals surface area contributed by atoms with Gasteiger partial charge in [0.05, 0.1) is 5.56 Å². The molecule has 1 atom stereocenters. The molecule has 0 aliphatic carbocycles. The van der Waals surface area contributed by atoms with Crippen molar-refractivity contribution in [1.82, 2.24) is 5.32 Å². The lowest BCUT2D eigenvalue weighted by atomic mass is 10.0. The minimum absolute atomic E-state index is 0.289. The summed E-state index contributed by atoms with van der Waals surface area (Å²) in [6.07, 6.45) is -3.48. The molecule has 21 heavy (non-hydrogen) atoms. The first-order valence-electron chi connectivity index (χ1n) is 6.56. The summed E-state index contributed by atoms with van der Waals surface area (Å²) in [7, 11) is 0. The minimum Gasteiger partial charge on any atom is -0.379 e. The molecule has 0 spiro atoms. The molecule has 0 bridgehead atoms. The second-order valence-electron chi connectivity index (χ2n) is 5.03. The van der Waals surface area contributed by atoms with Crippen molar-refractivity contribution >= 4 is 17.7 Å². The summed E-state index contributed by atoms with van der Waals surface area (Å²) in [6, 6.07) is 4.85. The van der Waals surface area contributed by atoms with Gasteiger partial charge in [-0.15, -0.1) is 0 Å². The van der Waals surface area contributed by atoms with E-state index in [0.29, 0.717) is 24.2 Å². The molecule has 1 saturated heterocycles. The van der Waals surface area contributed by atoms with Gasteiger partial charge in [0.25, 0.3) is 5.91 Å². The molecule has 2 N–H and O–H groups in total. The van der Waals surface area contributed by atoms with Gasteiger partial charge in [-0.25, -0.2) is 0 Å². The van der Waals surface area contributed by atoms with Crippen LogP contribution in [0.2, 0.25) is 0 Å². The van der Waals surface area contributed by atoms with E-state index in [4.69, 9.17) is 0 Å². The highest BCUT2D eigenvalue weighted by molar-refractivity contribution is 7.99. The number of carbonyl (C=O) groups is 1. The van der Waals surface area contributed by atoms with Crippen molar-refractivity contribution in [3.8, 4) is 0 Å². The van der Waals surface area contributed by atoms with Crippen molar-refractivity contribution in [2.75, 3.05) is 18.1 Å². The van der Waals surface area contributed by atoms with E-state index in [9.17, 15) is 23.1 Å². The Labute approximate surface area is 124 Å².